The lowest BCUT2D eigenvalue weighted by Crippen LogP contribution is -2.13. The number of rotatable bonds is 6. The Balaban J connectivity index is 1.62. The number of nitriles is 1. The summed E-state index contributed by atoms with van der Waals surface area (Å²) in [5.41, 5.74) is 1.30. The topological polar surface area (TPSA) is 118 Å². The maximum atomic E-state index is 13.9. The quantitative estimate of drug-likeness (QED) is 0.316. The molecule has 0 atom stereocenters. The van der Waals surface area contributed by atoms with Gasteiger partial charge in [-0.15, -0.1) is 0 Å². The van der Waals surface area contributed by atoms with Gasteiger partial charge in [0.25, 0.3) is 10.0 Å². The van der Waals surface area contributed by atoms with Crippen molar-refractivity contribution in [2.75, 3.05) is 11.8 Å². The number of fused-ring (bicyclic) bond motifs is 1. The fraction of sp³-hybridized carbons (Fsp3) is 0.0370. The fourth-order valence-corrected chi connectivity index (χ4v) is 5.10. The molecule has 38 heavy (non-hydrogen) atoms. The molecule has 0 fully saturated rings. The van der Waals surface area contributed by atoms with Crippen LogP contribution in [0.25, 0.3) is 33.2 Å². The number of hydrogen-bond acceptors (Lipinski definition) is 7. The lowest BCUT2D eigenvalue weighted by molar-refractivity contribution is 0.400. The van der Waals surface area contributed by atoms with Gasteiger partial charge in [-0.2, -0.15) is 5.26 Å². The van der Waals surface area contributed by atoms with E-state index >= 15 is 0 Å². The number of sulfonamides is 1. The van der Waals surface area contributed by atoms with E-state index in [0.29, 0.717) is 21.9 Å². The number of hydrogen-bond donors (Lipinski definition) is 1. The lowest BCUT2D eigenvalue weighted by Gasteiger charge is -2.14. The van der Waals surface area contributed by atoms with E-state index in [0.717, 1.165) is 18.2 Å². The Morgan fingerprint density at radius 2 is 1.76 bits per heavy atom. The normalized spacial score (nSPS) is 11.2. The Labute approximate surface area is 216 Å². The van der Waals surface area contributed by atoms with Crippen LogP contribution in [0.4, 0.5) is 14.6 Å². The van der Waals surface area contributed by atoms with E-state index in [1.165, 1.54) is 43.9 Å². The zero-order chi connectivity index (χ0) is 26.9. The summed E-state index contributed by atoms with van der Waals surface area (Å²) in [5, 5.41) is 11.1. The highest BCUT2D eigenvalue weighted by molar-refractivity contribution is 7.92. The molecule has 11 heteroatoms. The molecule has 3 aromatic carbocycles. The van der Waals surface area contributed by atoms with Crippen molar-refractivity contribution in [3.05, 3.63) is 96.5 Å². The van der Waals surface area contributed by atoms with E-state index in [2.05, 4.69) is 19.7 Å². The number of methoxy groups -OCH3 is 1. The molecule has 1 N–H and O–H groups in total. The van der Waals surface area contributed by atoms with Crippen LogP contribution in [0.2, 0.25) is 0 Å². The van der Waals surface area contributed by atoms with Gasteiger partial charge in [0.05, 0.1) is 23.3 Å². The predicted octanol–water partition coefficient (Wildman–Crippen LogP) is 5.32. The fourth-order valence-electron chi connectivity index (χ4n) is 4.05. The number of anilines is 1. The molecule has 188 valence electrons. The van der Waals surface area contributed by atoms with Crippen molar-refractivity contribution in [2.45, 2.75) is 4.90 Å². The zero-order valence-corrected chi connectivity index (χ0v) is 20.5. The SMILES string of the molecule is COc1nc(-c2cc(F)cc(F)c2)c(C#N)cc1-c1cccc2cc(S(=O)(=O)Nc3ccncn3)ccc12. The molecule has 2 aromatic heterocycles. The van der Waals surface area contributed by atoms with Crippen molar-refractivity contribution in [2.24, 2.45) is 0 Å². The minimum absolute atomic E-state index is 0.0204. The summed E-state index contributed by atoms with van der Waals surface area (Å²) in [4.78, 5) is 12.1. The molecule has 0 aliphatic rings. The molecule has 0 bridgehead atoms. The van der Waals surface area contributed by atoms with Crippen LogP contribution in [-0.4, -0.2) is 30.5 Å². The van der Waals surface area contributed by atoms with Crippen molar-refractivity contribution in [1.82, 2.24) is 15.0 Å². The Kier molecular flexibility index (Phi) is 6.40. The van der Waals surface area contributed by atoms with Gasteiger partial charge in [0.15, 0.2) is 0 Å². The standard InChI is InChI=1S/C27H17F2N5O3S/c1-37-27-24(12-18(14-30)26(33-27)17-9-19(28)13-20(29)10-17)23-4-2-3-16-11-21(5-6-22(16)23)38(35,36)34-25-7-8-31-15-32-25/h2-13,15H,1H3,(H,31,32,34). The predicted molar refractivity (Wildman–Crippen MR) is 137 cm³/mol. The number of halogens is 2. The number of aromatic nitrogens is 3. The number of nitrogens with zero attached hydrogens (tertiary/aromatic N) is 4. The molecule has 0 aliphatic carbocycles. The Hall–Kier alpha value is -4.95. The molecular formula is C27H17F2N5O3S. The van der Waals surface area contributed by atoms with Crippen LogP contribution in [0.5, 0.6) is 5.88 Å². The summed E-state index contributed by atoms with van der Waals surface area (Å²) < 4.78 is 61.4. The van der Waals surface area contributed by atoms with E-state index in [9.17, 15) is 22.5 Å². The molecule has 8 nitrogen and oxygen atoms in total. The highest BCUT2D eigenvalue weighted by Crippen LogP contribution is 2.38. The minimum atomic E-state index is -3.93. The third-order valence-corrected chi connectivity index (χ3v) is 7.06. The number of pyridine rings is 1. The molecule has 0 aliphatic heterocycles. The van der Waals surface area contributed by atoms with Gasteiger partial charge >= 0.3 is 0 Å². The lowest BCUT2D eigenvalue weighted by atomic mass is 9.96. The van der Waals surface area contributed by atoms with Crippen LogP contribution >= 0.6 is 0 Å². The summed E-state index contributed by atoms with van der Waals surface area (Å²) in [5.74, 6) is -1.35. The van der Waals surface area contributed by atoms with Crippen LogP contribution in [0, 0.1) is 23.0 Å². The average Bonchev–Trinajstić information content (AvgIpc) is 2.91. The van der Waals surface area contributed by atoms with Crippen molar-refractivity contribution in [3.8, 4) is 34.3 Å². The summed E-state index contributed by atoms with van der Waals surface area (Å²) in [6.45, 7) is 0. The second-order valence-corrected chi connectivity index (χ2v) is 9.78. The summed E-state index contributed by atoms with van der Waals surface area (Å²) in [7, 11) is -2.54. The van der Waals surface area contributed by atoms with Gasteiger partial charge in [-0.05, 0) is 52.7 Å². The molecule has 0 saturated carbocycles. The average molecular weight is 530 g/mol. The molecule has 0 unspecified atom stereocenters. The molecule has 2 heterocycles. The number of nitrogens with one attached hydrogen (secondary N) is 1. The maximum absolute atomic E-state index is 13.9. The van der Waals surface area contributed by atoms with Crippen LogP contribution in [0.15, 0.2) is 84.1 Å². The molecule has 0 radical (unpaired) electrons. The second-order valence-electron chi connectivity index (χ2n) is 8.10. The van der Waals surface area contributed by atoms with E-state index < -0.39 is 21.7 Å². The first-order valence-electron chi connectivity index (χ1n) is 11.1. The van der Waals surface area contributed by atoms with E-state index in [-0.39, 0.29) is 33.4 Å². The van der Waals surface area contributed by atoms with E-state index in [1.807, 2.05) is 6.07 Å². The largest absolute Gasteiger partial charge is 0.481 e. The highest BCUT2D eigenvalue weighted by Gasteiger charge is 2.20. The summed E-state index contributed by atoms with van der Waals surface area (Å²) in [6, 6.07) is 17.7. The van der Waals surface area contributed by atoms with Gasteiger partial charge in [-0.25, -0.2) is 32.2 Å². The molecule has 5 aromatic rings. The van der Waals surface area contributed by atoms with Gasteiger partial charge < -0.3 is 4.74 Å². The van der Waals surface area contributed by atoms with Crippen molar-refractivity contribution < 1.29 is 21.9 Å². The number of benzene rings is 3. The smallest absolute Gasteiger partial charge is 0.263 e. The monoisotopic (exact) mass is 529 g/mol. The first-order chi connectivity index (χ1) is 18.3. The van der Waals surface area contributed by atoms with Crippen molar-refractivity contribution >= 4 is 26.6 Å². The zero-order valence-electron chi connectivity index (χ0n) is 19.7. The van der Waals surface area contributed by atoms with Gasteiger partial charge in [0.2, 0.25) is 5.88 Å². The van der Waals surface area contributed by atoms with E-state index in [1.54, 1.807) is 24.3 Å². The highest BCUT2D eigenvalue weighted by atomic mass is 32.2. The Bertz CT molecular complexity index is 1820. The summed E-state index contributed by atoms with van der Waals surface area (Å²) >= 11 is 0. The molecular weight excluding hydrogens is 512 g/mol. The Morgan fingerprint density at radius 3 is 2.45 bits per heavy atom. The van der Waals surface area contributed by atoms with Gasteiger partial charge in [-0.1, -0.05) is 24.3 Å². The molecule has 0 spiro atoms. The van der Waals surface area contributed by atoms with Gasteiger partial charge in [0.1, 0.15) is 29.8 Å². The van der Waals surface area contributed by atoms with Gasteiger partial charge in [0, 0.05) is 23.4 Å². The van der Waals surface area contributed by atoms with E-state index in [4.69, 9.17) is 4.74 Å². The van der Waals surface area contributed by atoms with Crippen molar-refractivity contribution in [3.63, 3.8) is 0 Å². The third-order valence-electron chi connectivity index (χ3n) is 5.71. The first kappa shape index (κ1) is 24.7. The second kappa shape index (κ2) is 9.84. The van der Waals surface area contributed by atoms with Crippen LogP contribution in [0.3, 0.4) is 0 Å². The third kappa shape index (κ3) is 4.72. The molecule has 0 saturated heterocycles. The minimum Gasteiger partial charge on any atom is -0.481 e. The molecule has 5 rings (SSSR count). The summed E-state index contributed by atoms with van der Waals surface area (Å²) in [6.07, 6.45) is 2.65. The molecule has 0 amide bonds. The number of ether oxygens (including phenoxy) is 1. The van der Waals surface area contributed by atoms with Crippen molar-refractivity contribution in [1.29, 1.82) is 5.26 Å². The first-order valence-corrected chi connectivity index (χ1v) is 12.5. The van der Waals surface area contributed by atoms with Gasteiger partial charge in [-0.3, -0.25) is 4.72 Å². The van der Waals surface area contributed by atoms with Crippen LogP contribution < -0.4 is 9.46 Å². The Morgan fingerprint density at radius 1 is 0.974 bits per heavy atom. The van der Waals surface area contributed by atoms with Crippen LogP contribution in [-0.2, 0) is 10.0 Å². The van der Waals surface area contributed by atoms with Crippen LogP contribution in [0.1, 0.15) is 5.56 Å². The maximum Gasteiger partial charge on any atom is 0.263 e.